The fourth-order valence-electron chi connectivity index (χ4n) is 2.07. The molecular formula is C7H13ClN2O. The number of fused-ring (bicyclic) bond motifs is 1. The summed E-state index contributed by atoms with van der Waals surface area (Å²) in [6, 6.07) is 0.190. The highest BCUT2D eigenvalue weighted by Gasteiger charge is 2.42. The van der Waals surface area contributed by atoms with Gasteiger partial charge in [-0.3, -0.25) is 4.79 Å². The maximum atomic E-state index is 11.0. The molecule has 1 saturated heterocycles. The fraction of sp³-hybridized carbons (Fsp3) is 0.857. The Kier molecular flexibility index (Phi) is 2.40. The van der Waals surface area contributed by atoms with E-state index in [1.165, 1.54) is 6.42 Å². The molecule has 3 unspecified atom stereocenters. The lowest BCUT2D eigenvalue weighted by molar-refractivity contribution is -0.120. The third kappa shape index (κ3) is 1.23. The summed E-state index contributed by atoms with van der Waals surface area (Å²) in [7, 11) is 0. The number of nitrogens with two attached hydrogens (primary N) is 1. The molecule has 11 heavy (non-hydrogen) atoms. The van der Waals surface area contributed by atoms with Crippen LogP contribution in [-0.4, -0.2) is 18.0 Å². The van der Waals surface area contributed by atoms with Crippen LogP contribution in [-0.2, 0) is 4.79 Å². The van der Waals surface area contributed by atoms with E-state index in [2.05, 4.69) is 5.32 Å². The van der Waals surface area contributed by atoms with E-state index in [1.54, 1.807) is 0 Å². The number of halogens is 1. The van der Waals surface area contributed by atoms with Gasteiger partial charge < -0.3 is 11.1 Å². The lowest BCUT2D eigenvalue weighted by atomic mass is 10.0. The maximum Gasteiger partial charge on any atom is 0.237 e. The second-order valence-corrected chi connectivity index (χ2v) is 3.24. The quantitative estimate of drug-likeness (QED) is 0.548. The third-order valence-electron chi connectivity index (χ3n) is 2.66. The van der Waals surface area contributed by atoms with Crippen LogP contribution in [0.2, 0.25) is 0 Å². The van der Waals surface area contributed by atoms with Gasteiger partial charge in [-0.2, -0.15) is 0 Å². The minimum absolute atomic E-state index is 0. The first-order chi connectivity index (χ1) is 4.79. The predicted molar refractivity (Wildman–Crippen MR) is 44.5 cm³/mol. The van der Waals surface area contributed by atoms with E-state index < -0.39 is 0 Å². The summed E-state index contributed by atoms with van der Waals surface area (Å²) in [5, 5.41) is 2.90. The minimum Gasteiger partial charge on any atom is -0.352 e. The normalized spacial score (nSPS) is 41.2. The molecule has 2 aliphatic rings. The molecular weight excluding hydrogens is 164 g/mol. The summed E-state index contributed by atoms with van der Waals surface area (Å²) in [4.78, 5) is 11.0. The molecule has 4 heteroatoms. The molecule has 0 spiro atoms. The highest BCUT2D eigenvalue weighted by molar-refractivity contribution is 5.85. The highest BCUT2D eigenvalue weighted by atomic mass is 35.5. The predicted octanol–water partition coefficient (Wildman–Crippen LogP) is 0.0340. The van der Waals surface area contributed by atoms with Gasteiger partial charge in [0, 0.05) is 12.0 Å². The van der Waals surface area contributed by atoms with Gasteiger partial charge in [-0.05, 0) is 12.8 Å². The summed E-state index contributed by atoms with van der Waals surface area (Å²) in [5.74, 6) is 0.488. The molecule has 3 atom stereocenters. The molecule has 0 radical (unpaired) electrons. The topological polar surface area (TPSA) is 55.1 Å². The SMILES string of the molecule is Cl.NC1C(=O)NC2CCCC21. The monoisotopic (exact) mass is 176 g/mol. The van der Waals surface area contributed by atoms with E-state index in [1.807, 2.05) is 0 Å². The summed E-state index contributed by atoms with van der Waals surface area (Å²) in [5.41, 5.74) is 5.65. The molecule has 1 aliphatic heterocycles. The molecule has 1 saturated carbocycles. The van der Waals surface area contributed by atoms with Gasteiger partial charge in [-0.25, -0.2) is 0 Å². The number of hydrogen-bond acceptors (Lipinski definition) is 2. The molecule has 2 fully saturated rings. The Labute approximate surface area is 72.1 Å². The molecule has 0 aromatic rings. The first kappa shape index (κ1) is 8.81. The number of rotatable bonds is 0. The van der Waals surface area contributed by atoms with Gasteiger partial charge in [0.1, 0.15) is 0 Å². The first-order valence-corrected chi connectivity index (χ1v) is 3.85. The van der Waals surface area contributed by atoms with Crippen molar-refractivity contribution in [1.82, 2.24) is 5.32 Å². The molecule has 1 heterocycles. The Morgan fingerprint density at radius 1 is 1.45 bits per heavy atom. The van der Waals surface area contributed by atoms with Gasteiger partial charge in [0.15, 0.2) is 0 Å². The fourth-order valence-corrected chi connectivity index (χ4v) is 2.07. The first-order valence-electron chi connectivity index (χ1n) is 3.85. The zero-order valence-electron chi connectivity index (χ0n) is 6.25. The summed E-state index contributed by atoms with van der Waals surface area (Å²) < 4.78 is 0. The van der Waals surface area contributed by atoms with Gasteiger partial charge in [0.25, 0.3) is 0 Å². The number of amides is 1. The largest absolute Gasteiger partial charge is 0.352 e. The van der Waals surface area contributed by atoms with Crippen LogP contribution in [0.5, 0.6) is 0 Å². The zero-order chi connectivity index (χ0) is 7.14. The van der Waals surface area contributed by atoms with Crippen molar-refractivity contribution >= 4 is 18.3 Å². The van der Waals surface area contributed by atoms with Crippen LogP contribution in [0.15, 0.2) is 0 Å². The van der Waals surface area contributed by atoms with Gasteiger partial charge in [0.05, 0.1) is 6.04 Å². The summed E-state index contributed by atoms with van der Waals surface area (Å²) in [6.45, 7) is 0. The van der Waals surface area contributed by atoms with Crippen LogP contribution < -0.4 is 11.1 Å². The van der Waals surface area contributed by atoms with Gasteiger partial charge in [0.2, 0.25) is 5.91 Å². The Morgan fingerprint density at radius 2 is 2.18 bits per heavy atom. The van der Waals surface area contributed by atoms with Crippen LogP contribution in [0.4, 0.5) is 0 Å². The second-order valence-electron chi connectivity index (χ2n) is 3.24. The Bertz CT molecular complexity index is 174. The van der Waals surface area contributed by atoms with Crippen LogP contribution in [0, 0.1) is 5.92 Å². The molecule has 2 rings (SSSR count). The third-order valence-corrected chi connectivity index (χ3v) is 2.66. The number of carbonyl (C=O) groups is 1. The van der Waals surface area contributed by atoms with Crippen LogP contribution >= 0.6 is 12.4 Å². The lowest BCUT2D eigenvalue weighted by Crippen LogP contribution is -2.33. The molecule has 3 nitrogen and oxygen atoms in total. The Morgan fingerprint density at radius 3 is 2.82 bits per heavy atom. The Balaban J connectivity index is 0.000000605. The average Bonchev–Trinajstić information content (AvgIpc) is 2.41. The van der Waals surface area contributed by atoms with E-state index in [0.29, 0.717) is 12.0 Å². The lowest BCUT2D eigenvalue weighted by Gasteiger charge is -2.08. The van der Waals surface area contributed by atoms with Gasteiger partial charge in [-0.15, -0.1) is 12.4 Å². The smallest absolute Gasteiger partial charge is 0.237 e. The molecule has 3 N–H and O–H groups in total. The standard InChI is InChI=1S/C7H12N2O.ClH/c8-6-4-2-1-3-5(4)9-7(6)10;/h4-6H,1-3,8H2,(H,9,10);1H. The van der Waals surface area contributed by atoms with Crippen molar-refractivity contribution < 1.29 is 4.79 Å². The molecule has 0 aromatic heterocycles. The van der Waals surface area contributed by atoms with Crippen LogP contribution in [0.1, 0.15) is 19.3 Å². The Hall–Kier alpha value is -0.280. The molecule has 0 aromatic carbocycles. The maximum absolute atomic E-state index is 11.0. The van der Waals surface area contributed by atoms with Crippen molar-refractivity contribution in [3.63, 3.8) is 0 Å². The highest BCUT2D eigenvalue weighted by Crippen LogP contribution is 2.31. The van der Waals surface area contributed by atoms with Crippen molar-refractivity contribution in [2.45, 2.75) is 31.3 Å². The molecule has 64 valence electrons. The number of hydrogen-bond donors (Lipinski definition) is 2. The van der Waals surface area contributed by atoms with Crippen LogP contribution in [0.25, 0.3) is 0 Å². The minimum atomic E-state index is -0.215. The van der Waals surface area contributed by atoms with Crippen LogP contribution in [0.3, 0.4) is 0 Å². The van der Waals surface area contributed by atoms with Gasteiger partial charge in [-0.1, -0.05) is 6.42 Å². The number of carbonyl (C=O) groups excluding carboxylic acids is 1. The van der Waals surface area contributed by atoms with E-state index in [-0.39, 0.29) is 24.4 Å². The van der Waals surface area contributed by atoms with Crippen molar-refractivity contribution in [3.05, 3.63) is 0 Å². The van der Waals surface area contributed by atoms with Crippen molar-refractivity contribution in [2.24, 2.45) is 11.7 Å². The summed E-state index contributed by atoms with van der Waals surface area (Å²) >= 11 is 0. The number of nitrogens with one attached hydrogen (secondary N) is 1. The average molecular weight is 177 g/mol. The zero-order valence-corrected chi connectivity index (χ0v) is 7.06. The molecule has 0 bridgehead atoms. The van der Waals surface area contributed by atoms with Crippen molar-refractivity contribution in [1.29, 1.82) is 0 Å². The second kappa shape index (κ2) is 2.99. The van der Waals surface area contributed by atoms with E-state index >= 15 is 0 Å². The van der Waals surface area contributed by atoms with Crippen molar-refractivity contribution in [3.8, 4) is 0 Å². The van der Waals surface area contributed by atoms with Gasteiger partial charge >= 0.3 is 0 Å². The van der Waals surface area contributed by atoms with E-state index in [9.17, 15) is 4.79 Å². The van der Waals surface area contributed by atoms with Crippen molar-refractivity contribution in [2.75, 3.05) is 0 Å². The van der Waals surface area contributed by atoms with E-state index in [4.69, 9.17) is 5.73 Å². The summed E-state index contributed by atoms with van der Waals surface area (Å²) in [6.07, 6.45) is 3.48. The molecule has 1 aliphatic carbocycles. The van der Waals surface area contributed by atoms with E-state index in [0.717, 1.165) is 12.8 Å². The molecule has 1 amide bonds.